The summed E-state index contributed by atoms with van der Waals surface area (Å²) in [6.45, 7) is 4.90. The third kappa shape index (κ3) is 59.4. The molecule has 0 aromatic carbocycles. The molecule has 0 aromatic rings. The number of esters is 1. The van der Waals surface area contributed by atoms with E-state index in [1.54, 1.807) is 6.08 Å². The van der Waals surface area contributed by atoms with Crippen LogP contribution in [-0.2, 0) is 14.3 Å². The maximum absolute atomic E-state index is 12.4. The molecule has 0 spiro atoms. The van der Waals surface area contributed by atoms with Crippen LogP contribution in [0, 0.1) is 0 Å². The predicted molar refractivity (Wildman–Crippen MR) is 320 cm³/mol. The second kappa shape index (κ2) is 62.9. The lowest BCUT2D eigenvalue weighted by Gasteiger charge is -2.20. The topological polar surface area (TPSA) is 95.9 Å². The number of unbranched alkanes of at least 4 members (excludes halogenated alkanes) is 49. The molecule has 6 nitrogen and oxygen atoms in total. The van der Waals surface area contributed by atoms with Crippen LogP contribution in [0.3, 0.4) is 0 Å². The summed E-state index contributed by atoms with van der Waals surface area (Å²) >= 11 is 0. The first-order valence-corrected chi connectivity index (χ1v) is 33.1. The van der Waals surface area contributed by atoms with E-state index >= 15 is 0 Å². The van der Waals surface area contributed by atoms with E-state index in [1.165, 1.54) is 302 Å². The van der Waals surface area contributed by atoms with Crippen molar-refractivity contribution < 1.29 is 24.5 Å². The Morgan fingerprint density at radius 3 is 0.973 bits per heavy atom. The Hall–Kier alpha value is -1.66. The van der Waals surface area contributed by atoms with Gasteiger partial charge >= 0.3 is 5.97 Å². The first-order chi connectivity index (χ1) is 36.0. The Balaban J connectivity index is 3.32. The van der Waals surface area contributed by atoms with Crippen LogP contribution in [0.1, 0.15) is 367 Å². The number of aliphatic hydroxyl groups is 2. The Morgan fingerprint density at radius 2 is 0.644 bits per heavy atom. The SMILES string of the molecule is CCCCCCCCC/C=C/C(O)C(CO)NC(=O)CCCCCCCCCCCCCCCCCCC/C=C\CCCCCCCCCCCCCCOC(=O)CCCCCCCCCCCCCCCC. The second-order valence-corrected chi connectivity index (χ2v) is 22.8. The molecular weight excluding hydrogens is 899 g/mol. The maximum Gasteiger partial charge on any atom is 0.305 e. The summed E-state index contributed by atoms with van der Waals surface area (Å²) in [5.41, 5.74) is 0. The van der Waals surface area contributed by atoms with E-state index in [4.69, 9.17) is 4.74 Å². The van der Waals surface area contributed by atoms with Gasteiger partial charge in [-0.25, -0.2) is 0 Å². The molecule has 0 fully saturated rings. The summed E-state index contributed by atoms with van der Waals surface area (Å²) in [7, 11) is 0. The Labute approximate surface area is 456 Å². The van der Waals surface area contributed by atoms with E-state index in [2.05, 4.69) is 31.3 Å². The van der Waals surface area contributed by atoms with Crippen molar-refractivity contribution in [2.75, 3.05) is 13.2 Å². The number of ether oxygens (including phenoxy) is 1. The van der Waals surface area contributed by atoms with Gasteiger partial charge in [-0.2, -0.15) is 0 Å². The zero-order valence-corrected chi connectivity index (χ0v) is 49.4. The Morgan fingerprint density at radius 1 is 0.370 bits per heavy atom. The van der Waals surface area contributed by atoms with Crippen molar-refractivity contribution in [3.8, 4) is 0 Å². The Kier molecular flexibility index (Phi) is 61.4. The van der Waals surface area contributed by atoms with E-state index in [0.29, 0.717) is 19.4 Å². The molecule has 0 radical (unpaired) electrons. The minimum atomic E-state index is -0.839. The number of hydrogen-bond acceptors (Lipinski definition) is 5. The highest BCUT2D eigenvalue weighted by Crippen LogP contribution is 2.18. The molecule has 1 amide bonds. The average Bonchev–Trinajstić information content (AvgIpc) is 3.39. The molecule has 0 aliphatic carbocycles. The van der Waals surface area contributed by atoms with Crippen molar-refractivity contribution >= 4 is 11.9 Å². The standard InChI is InChI=1S/C67H129NO5/c1-3-5-7-9-11-13-14-15-38-41-45-49-53-57-61-67(72)73-62-58-54-50-46-42-39-36-34-32-30-28-26-24-22-20-18-16-17-19-21-23-25-27-29-31-33-35-37-40-44-48-52-56-60-66(71)68-64(63-69)65(70)59-55-51-47-43-12-10-8-6-4-2/h20,22,55,59,64-65,69-70H,3-19,21,23-54,56-58,60-63H2,1-2H3,(H,68,71)/b22-20-,59-55+. The minimum Gasteiger partial charge on any atom is -0.466 e. The molecule has 0 rings (SSSR count). The van der Waals surface area contributed by atoms with Crippen LogP contribution in [0.2, 0.25) is 0 Å². The highest BCUT2D eigenvalue weighted by Gasteiger charge is 2.18. The lowest BCUT2D eigenvalue weighted by atomic mass is 10.0. The van der Waals surface area contributed by atoms with Crippen LogP contribution in [0.5, 0.6) is 0 Å². The van der Waals surface area contributed by atoms with Crippen molar-refractivity contribution in [2.45, 2.75) is 379 Å². The highest BCUT2D eigenvalue weighted by atomic mass is 16.5. The largest absolute Gasteiger partial charge is 0.466 e. The number of amides is 1. The summed E-state index contributed by atoms with van der Waals surface area (Å²) in [4.78, 5) is 24.5. The summed E-state index contributed by atoms with van der Waals surface area (Å²) in [5.74, 6) is -0.0454. The molecule has 0 heterocycles. The number of carbonyl (C=O) groups is 2. The van der Waals surface area contributed by atoms with Gasteiger partial charge in [0.05, 0.1) is 25.4 Å². The van der Waals surface area contributed by atoms with E-state index in [9.17, 15) is 19.8 Å². The van der Waals surface area contributed by atoms with Crippen LogP contribution in [0.15, 0.2) is 24.3 Å². The van der Waals surface area contributed by atoms with E-state index < -0.39 is 12.1 Å². The lowest BCUT2D eigenvalue weighted by molar-refractivity contribution is -0.143. The fourth-order valence-electron chi connectivity index (χ4n) is 10.4. The van der Waals surface area contributed by atoms with Gasteiger partial charge in [0.2, 0.25) is 5.91 Å². The number of hydrogen-bond donors (Lipinski definition) is 3. The number of rotatable bonds is 62. The maximum atomic E-state index is 12.4. The monoisotopic (exact) mass is 1030 g/mol. The summed E-state index contributed by atoms with van der Waals surface area (Å²) in [6.07, 6.45) is 78.4. The molecule has 0 saturated heterocycles. The summed E-state index contributed by atoms with van der Waals surface area (Å²) < 4.78 is 5.49. The fraction of sp³-hybridized carbons (Fsp3) is 0.910. The molecular formula is C67H129NO5. The molecule has 0 bridgehead atoms. The average molecular weight is 1030 g/mol. The smallest absolute Gasteiger partial charge is 0.305 e. The number of aliphatic hydroxyl groups excluding tert-OH is 2. The molecule has 0 aliphatic heterocycles. The predicted octanol–water partition coefficient (Wildman–Crippen LogP) is 21.0. The molecule has 6 heteroatoms. The van der Waals surface area contributed by atoms with E-state index in [1.807, 2.05) is 6.08 Å². The molecule has 73 heavy (non-hydrogen) atoms. The van der Waals surface area contributed by atoms with Gasteiger partial charge in [-0.15, -0.1) is 0 Å². The normalized spacial score (nSPS) is 12.7. The van der Waals surface area contributed by atoms with E-state index in [0.717, 1.165) is 38.5 Å². The first-order valence-electron chi connectivity index (χ1n) is 33.1. The molecule has 432 valence electrons. The molecule has 0 aromatic heterocycles. The second-order valence-electron chi connectivity index (χ2n) is 22.8. The molecule has 0 saturated carbocycles. The van der Waals surface area contributed by atoms with Gasteiger partial charge in [0.25, 0.3) is 0 Å². The van der Waals surface area contributed by atoms with Crippen LogP contribution in [-0.4, -0.2) is 47.4 Å². The quantitative estimate of drug-likeness (QED) is 0.0320. The Bertz CT molecular complexity index is 1140. The third-order valence-electron chi connectivity index (χ3n) is 15.5. The number of allylic oxidation sites excluding steroid dienone is 3. The molecule has 3 N–H and O–H groups in total. The van der Waals surface area contributed by atoms with Gasteiger partial charge in [0.1, 0.15) is 0 Å². The van der Waals surface area contributed by atoms with Gasteiger partial charge in [-0.3, -0.25) is 9.59 Å². The summed E-state index contributed by atoms with van der Waals surface area (Å²) in [5, 5.41) is 23.0. The van der Waals surface area contributed by atoms with Crippen molar-refractivity contribution in [1.29, 1.82) is 0 Å². The summed E-state index contributed by atoms with van der Waals surface area (Å²) in [6, 6.07) is -0.623. The first kappa shape index (κ1) is 71.3. The van der Waals surface area contributed by atoms with Crippen molar-refractivity contribution in [1.82, 2.24) is 5.32 Å². The fourth-order valence-corrected chi connectivity index (χ4v) is 10.4. The van der Waals surface area contributed by atoms with Crippen molar-refractivity contribution in [3.05, 3.63) is 24.3 Å². The van der Waals surface area contributed by atoms with Gasteiger partial charge in [0, 0.05) is 12.8 Å². The van der Waals surface area contributed by atoms with Crippen molar-refractivity contribution in [2.24, 2.45) is 0 Å². The van der Waals surface area contributed by atoms with Gasteiger partial charge in [0.15, 0.2) is 0 Å². The highest BCUT2D eigenvalue weighted by molar-refractivity contribution is 5.76. The lowest BCUT2D eigenvalue weighted by Crippen LogP contribution is -2.45. The van der Waals surface area contributed by atoms with Gasteiger partial charge in [-0.1, -0.05) is 321 Å². The van der Waals surface area contributed by atoms with E-state index in [-0.39, 0.29) is 18.5 Å². The number of carbonyl (C=O) groups excluding carboxylic acids is 2. The molecule has 0 aliphatic rings. The molecule has 2 unspecified atom stereocenters. The van der Waals surface area contributed by atoms with Crippen LogP contribution < -0.4 is 5.32 Å². The van der Waals surface area contributed by atoms with Gasteiger partial charge < -0.3 is 20.3 Å². The third-order valence-corrected chi connectivity index (χ3v) is 15.5. The minimum absolute atomic E-state index is 0.0210. The van der Waals surface area contributed by atoms with Crippen LogP contribution >= 0.6 is 0 Å². The zero-order valence-electron chi connectivity index (χ0n) is 49.4. The van der Waals surface area contributed by atoms with Crippen LogP contribution in [0.4, 0.5) is 0 Å². The molecule has 2 atom stereocenters. The zero-order chi connectivity index (χ0) is 52.9. The van der Waals surface area contributed by atoms with Crippen molar-refractivity contribution in [3.63, 3.8) is 0 Å². The number of nitrogens with one attached hydrogen (secondary N) is 1. The van der Waals surface area contributed by atoms with Gasteiger partial charge in [-0.05, 0) is 57.8 Å². The van der Waals surface area contributed by atoms with Crippen LogP contribution in [0.25, 0.3) is 0 Å².